The van der Waals surface area contributed by atoms with Gasteiger partial charge in [0.05, 0.1) is 11.9 Å². The quantitative estimate of drug-likeness (QED) is 0.625. The van der Waals surface area contributed by atoms with Crippen LogP contribution in [0.4, 0.5) is 4.39 Å². The molecule has 1 aliphatic heterocycles. The predicted octanol–water partition coefficient (Wildman–Crippen LogP) is -1.16. The molecule has 94 valence electrons. The molecule has 1 aromatic rings. The van der Waals surface area contributed by atoms with Crippen LogP contribution in [0, 0.1) is 0 Å². The van der Waals surface area contributed by atoms with E-state index in [1.807, 2.05) is 4.98 Å². The van der Waals surface area contributed by atoms with Crippen LogP contribution in [0.15, 0.2) is 21.9 Å². The van der Waals surface area contributed by atoms with Crippen molar-refractivity contribution in [2.75, 3.05) is 6.61 Å². The molecule has 0 bridgehead atoms. The Bertz CT molecular complexity index is 516. The number of aromatic nitrogens is 2. The van der Waals surface area contributed by atoms with E-state index in [1.54, 1.807) is 0 Å². The largest absolute Gasteiger partial charge is 0.395 e. The topological polar surface area (TPSA) is 95.3 Å². The van der Waals surface area contributed by atoms with Crippen molar-refractivity contribution in [3.63, 3.8) is 0 Å². The fourth-order valence-corrected chi connectivity index (χ4v) is 3.07. The number of nitrogens with zero attached hydrogens (tertiary/aromatic N) is 1. The minimum atomic E-state index is -1.67. The number of aliphatic hydroxyl groups excluding tert-OH is 2. The third kappa shape index (κ3) is 2.15. The maximum absolute atomic E-state index is 13.8. The molecule has 3 N–H and O–H groups in total. The number of nitrogens with one attached hydrogen (secondary N) is 1. The molecule has 0 spiro atoms. The van der Waals surface area contributed by atoms with E-state index in [2.05, 4.69) is 0 Å². The van der Waals surface area contributed by atoms with Crippen LogP contribution in [-0.4, -0.2) is 43.9 Å². The normalized spacial score (nSPS) is 32.9. The number of thioether (sulfide) groups is 1. The maximum atomic E-state index is 13.8. The summed E-state index contributed by atoms with van der Waals surface area (Å²) in [6.45, 7) is -0.374. The minimum Gasteiger partial charge on any atom is -0.395 e. The van der Waals surface area contributed by atoms with Gasteiger partial charge in [-0.15, -0.1) is 11.8 Å². The number of rotatable bonds is 2. The molecule has 8 heteroatoms. The van der Waals surface area contributed by atoms with E-state index in [4.69, 9.17) is 5.11 Å². The van der Waals surface area contributed by atoms with Crippen molar-refractivity contribution in [1.29, 1.82) is 0 Å². The fraction of sp³-hybridized carbons (Fsp3) is 0.556. The fourth-order valence-electron chi connectivity index (χ4n) is 1.71. The Kier molecular flexibility index (Phi) is 3.36. The third-order valence-electron chi connectivity index (χ3n) is 2.60. The second-order valence-corrected chi connectivity index (χ2v) is 5.06. The molecule has 0 saturated carbocycles. The second-order valence-electron chi connectivity index (χ2n) is 3.70. The van der Waals surface area contributed by atoms with Crippen molar-refractivity contribution in [3.05, 3.63) is 33.1 Å². The van der Waals surface area contributed by atoms with E-state index in [0.717, 1.165) is 22.4 Å². The van der Waals surface area contributed by atoms with Gasteiger partial charge in [-0.2, -0.15) is 0 Å². The molecule has 1 aliphatic rings. The van der Waals surface area contributed by atoms with Gasteiger partial charge in [-0.1, -0.05) is 0 Å². The van der Waals surface area contributed by atoms with Crippen molar-refractivity contribution >= 4 is 11.8 Å². The second kappa shape index (κ2) is 4.63. The zero-order valence-corrected chi connectivity index (χ0v) is 9.43. The molecule has 0 amide bonds. The Morgan fingerprint density at radius 2 is 2.24 bits per heavy atom. The number of aromatic amines is 1. The van der Waals surface area contributed by atoms with Crippen LogP contribution in [0.2, 0.25) is 0 Å². The molecule has 1 saturated heterocycles. The molecule has 0 aromatic carbocycles. The van der Waals surface area contributed by atoms with Crippen molar-refractivity contribution in [1.82, 2.24) is 9.55 Å². The Labute approximate surface area is 99.1 Å². The molecule has 0 aliphatic carbocycles. The lowest BCUT2D eigenvalue weighted by molar-refractivity contribution is 0.0631. The average Bonchev–Trinajstić information content (AvgIpc) is 2.57. The smallest absolute Gasteiger partial charge is 0.329 e. The summed E-state index contributed by atoms with van der Waals surface area (Å²) in [5, 5.41) is 16.8. The van der Waals surface area contributed by atoms with Crippen LogP contribution in [0.25, 0.3) is 0 Å². The number of hydrogen-bond acceptors (Lipinski definition) is 5. The highest BCUT2D eigenvalue weighted by molar-refractivity contribution is 8.00. The van der Waals surface area contributed by atoms with Crippen LogP contribution >= 0.6 is 11.8 Å². The zero-order valence-electron chi connectivity index (χ0n) is 8.62. The summed E-state index contributed by atoms with van der Waals surface area (Å²) in [5.74, 6) is 0. The summed E-state index contributed by atoms with van der Waals surface area (Å²) < 4.78 is 14.8. The van der Waals surface area contributed by atoms with Gasteiger partial charge in [-0.05, 0) is 0 Å². The molecule has 17 heavy (non-hydrogen) atoms. The molecule has 1 aromatic heterocycles. The van der Waals surface area contributed by atoms with Crippen LogP contribution in [-0.2, 0) is 0 Å². The van der Waals surface area contributed by atoms with Crippen molar-refractivity contribution < 1.29 is 14.6 Å². The van der Waals surface area contributed by atoms with Crippen LogP contribution in [0.1, 0.15) is 5.37 Å². The Balaban J connectivity index is 2.35. The van der Waals surface area contributed by atoms with E-state index < -0.39 is 34.1 Å². The highest BCUT2D eigenvalue weighted by Crippen LogP contribution is 2.42. The zero-order chi connectivity index (χ0) is 12.6. The van der Waals surface area contributed by atoms with Gasteiger partial charge in [0.25, 0.3) is 5.56 Å². The first-order chi connectivity index (χ1) is 8.04. The lowest BCUT2D eigenvalue weighted by Crippen LogP contribution is -2.35. The van der Waals surface area contributed by atoms with Crippen LogP contribution in [0.5, 0.6) is 0 Å². The summed E-state index contributed by atoms with van der Waals surface area (Å²) in [6.07, 6.45) is -1.81. The number of halogens is 1. The predicted molar refractivity (Wildman–Crippen MR) is 59.7 cm³/mol. The lowest BCUT2D eigenvalue weighted by Gasteiger charge is -2.15. The highest BCUT2D eigenvalue weighted by Gasteiger charge is 2.44. The van der Waals surface area contributed by atoms with Gasteiger partial charge in [-0.25, -0.2) is 9.18 Å². The first-order valence-electron chi connectivity index (χ1n) is 4.94. The van der Waals surface area contributed by atoms with Gasteiger partial charge in [-0.3, -0.25) is 14.3 Å². The minimum absolute atomic E-state index is 0.374. The third-order valence-corrected chi connectivity index (χ3v) is 4.14. The molecule has 2 rings (SSSR count). The van der Waals surface area contributed by atoms with Gasteiger partial charge in [0.1, 0.15) is 11.5 Å². The van der Waals surface area contributed by atoms with Crippen LogP contribution < -0.4 is 11.2 Å². The first-order valence-corrected chi connectivity index (χ1v) is 5.89. The summed E-state index contributed by atoms with van der Waals surface area (Å²) in [6, 6.07) is 1.10. The molecule has 1 fully saturated rings. The average molecular weight is 262 g/mol. The standard InChI is InChI=1S/C9H11FN2O4S/c10-6-7(15)4(3-13)17-8(6)12-2-1-5(14)11-9(12)16/h1-2,4,6-8,13,15H,3H2,(H,11,14,16)/t4-,6+,7-,8+/m1/s1. The SMILES string of the molecule is O=c1ccn([C@H]2S[C@H](CO)[C@@H](O)[C@@H]2F)c(=O)[nH]1. The van der Waals surface area contributed by atoms with E-state index in [0.29, 0.717) is 0 Å². The molecule has 0 radical (unpaired) electrons. The van der Waals surface area contributed by atoms with E-state index in [9.17, 15) is 19.1 Å². The molecule has 6 nitrogen and oxygen atoms in total. The van der Waals surface area contributed by atoms with Gasteiger partial charge in [0, 0.05) is 12.3 Å². The number of H-pyrrole nitrogens is 1. The van der Waals surface area contributed by atoms with Crippen molar-refractivity contribution in [2.45, 2.75) is 22.9 Å². The summed E-state index contributed by atoms with van der Waals surface area (Å²) in [4.78, 5) is 24.3. The summed E-state index contributed by atoms with van der Waals surface area (Å²) >= 11 is 0.966. The van der Waals surface area contributed by atoms with E-state index in [-0.39, 0.29) is 6.61 Å². The number of aliphatic hydroxyl groups is 2. The Morgan fingerprint density at radius 3 is 2.76 bits per heavy atom. The summed E-state index contributed by atoms with van der Waals surface area (Å²) in [5.41, 5.74) is -1.30. The lowest BCUT2D eigenvalue weighted by atomic mass is 10.1. The van der Waals surface area contributed by atoms with E-state index >= 15 is 0 Å². The maximum Gasteiger partial charge on any atom is 0.329 e. The molecular formula is C9H11FN2O4S. The Hall–Kier alpha value is -1.12. The monoisotopic (exact) mass is 262 g/mol. The first kappa shape index (κ1) is 12.3. The van der Waals surface area contributed by atoms with E-state index in [1.165, 1.54) is 6.20 Å². The molecule has 2 heterocycles. The number of alkyl halides is 1. The molecule has 4 atom stereocenters. The summed E-state index contributed by atoms with van der Waals surface area (Å²) in [7, 11) is 0. The van der Waals surface area contributed by atoms with Gasteiger partial charge in [0.15, 0.2) is 6.17 Å². The highest BCUT2D eigenvalue weighted by atomic mass is 32.2. The van der Waals surface area contributed by atoms with Crippen molar-refractivity contribution in [3.8, 4) is 0 Å². The molecule has 0 unspecified atom stereocenters. The Morgan fingerprint density at radius 1 is 1.53 bits per heavy atom. The van der Waals surface area contributed by atoms with Gasteiger partial charge in [0.2, 0.25) is 0 Å². The van der Waals surface area contributed by atoms with Gasteiger partial charge >= 0.3 is 5.69 Å². The van der Waals surface area contributed by atoms with Crippen molar-refractivity contribution in [2.24, 2.45) is 0 Å². The molecular weight excluding hydrogens is 251 g/mol. The van der Waals surface area contributed by atoms with Gasteiger partial charge < -0.3 is 10.2 Å². The van der Waals surface area contributed by atoms with Crippen LogP contribution in [0.3, 0.4) is 0 Å². The number of hydrogen-bond donors (Lipinski definition) is 3.